The first-order valence-electron chi connectivity index (χ1n) is 8.48. The number of nitrogens with one attached hydrogen (secondary N) is 1. The van der Waals surface area contributed by atoms with Gasteiger partial charge in [-0.3, -0.25) is 0 Å². The van der Waals surface area contributed by atoms with E-state index >= 15 is 0 Å². The van der Waals surface area contributed by atoms with Crippen LogP contribution in [0.1, 0.15) is 36.7 Å². The minimum Gasteiger partial charge on any atom is -0.348 e. The van der Waals surface area contributed by atoms with Crippen molar-refractivity contribution < 1.29 is 9.47 Å². The smallest absolute Gasteiger partial charge is 0.184 e. The Balaban J connectivity index is 1.35. The first kappa shape index (κ1) is 16.2. The van der Waals surface area contributed by atoms with Crippen LogP contribution in [-0.4, -0.2) is 19.3 Å². The number of rotatable bonds is 7. The predicted molar refractivity (Wildman–Crippen MR) is 92.0 cm³/mol. The van der Waals surface area contributed by atoms with Crippen LogP contribution in [0, 0.1) is 0 Å². The van der Waals surface area contributed by atoms with Crippen LogP contribution >= 0.6 is 0 Å². The maximum Gasteiger partial charge on any atom is 0.184 e. The summed E-state index contributed by atoms with van der Waals surface area (Å²) in [6.07, 6.45) is 3.29. The molecule has 0 aromatic heterocycles. The fraction of sp³-hybridized carbons (Fsp3) is 0.400. The fourth-order valence-electron chi connectivity index (χ4n) is 2.87. The molecule has 1 saturated heterocycles. The van der Waals surface area contributed by atoms with Crippen molar-refractivity contribution in [2.45, 2.75) is 38.2 Å². The highest BCUT2D eigenvalue weighted by Crippen LogP contribution is 2.27. The van der Waals surface area contributed by atoms with E-state index in [0.29, 0.717) is 6.10 Å². The molecule has 0 radical (unpaired) electrons. The van der Waals surface area contributed by atoms with Gasteiger partial charge in [-0.1, -0.05) is 60.7 Å². The first-order chi connectivity index (χ1) is 11.4. The van der Waals surface area contributed by atoms with Gasteiger partial charge in [0.15, 0.2) is 6.29 Å². The normalized spacial score (nSPS) is 21.2. The van der Waals surface area contributed by atoms with Gasteiger partial charge < -0.3 is 14.8 Å². The molecule has 1 aliphatic rings. The molecule has 0 amide bonds. The standard InChI is InChI=1S/C20H25NO2/c1-3-8-17(9-4-1)16-21-14-7-12-19-13-15-22-20(23-19)18-10-5-2-6-11-18/h1-6,8-11,19-21H,7,12-16H2/t19-,20+/m1/s1. The minimum atomic E-state index is -0.202. The summed E-state index contributed by atoms with van der Waals surface area (Å²) in [5.41, 5.74) is 2.44. The van der Waals surface area contributed by atoms with Gasteiger partial charge >= 0.3 is 0 Å². The average molecular weight is 311 g/mol. The summed E-state index contributed by atoms with van der Waals surface area (Å²) >= 11 is 0. The molecule has 2 aromatic rings. The van der Waals surface area contributed by atoms with Crippen LogP contribution in [-0.2, 0) is 16.0 Å². The molecule has 1 fully saturated rings. The lowest BCUT2D eigenvalue weighted by Crippen LogP contribution is -2.28. The van der Waals surface area contributed by atoms with Crippen molar-refractivity contribution in [2.75, 3.05) is 13.2 Å². The Bertz CT molecular complexity index is 558. The van der Waals surface area contributed by atoms with E-state index in [-0.39, 0.29) is 6.29 Å². The van der Waals surface area contributed by atoms with E-state index in [1.165, 1.54) is 5.56 Å². The van der Waals surface area contributed by atoms with Crippen molar-refractivity contribution in [1.82, 2.24) is 5.32 Å². The highest BCUT2D eigenvalue weighted by Gasteiger charge is 2.23. The van der Waals surface area contributed by atoms with Crippen molar-refractivity contribution in [3.05, 3.63) is 71.8 Å². The molecule has 0 unspecified atom stereocenters. The van der Waals surface area contributed by atoms with Crippen molar-refractivity contribution >= 4 is 0 Å². The molecule has 23 heavy (non-hydrogen) atoms. The zero-order chi connectivity index (χ0) is 15.7. The van der Waals surface area contributed by atoms with Crippen molar-refractivity contribution in [1.29, 1.82) is 0 Å². The second-order valence-electron chi connectivity index (χ2n) is 5.96. The van der Waals surface area contributed by atoms with Gasteiger partial charge in [0.25, 0.3) is 0 Å². The highest BCUT2D eigenvalue weighted by atomic mass is 16.7. The molecule has 0 spiro atoms. The van der Waals surface area contributed by atoms with E-state index in [4.69, 9.17) is 9.47 Å². The molecule has 2 aromatic carbocycles. The number of hydrogen-bond acceptors (Lipinski definition) is 3. The maximum atomic E-state index is 6.09. The highest BCUT2D eigenvalue weighted by molar-refractivity contribution is 5.16. The van der Waals surface area contributed by atoms with Crippen LogP contribution in [0.3, 0.4) is 0 Å². The SMILES string of the molecule is c1ccc(CNCCC[C@@H]2CCO[C@H](c3ccccc3)O2)cc1. The molecular formula is C20H25NO2. The van der Waals surface area contributed by atoms with E-state index in [1.54, 1.807) is 0 Å². The summed E-state index contributed by atoms with van der Waals surface area (Å²) in [4.78, 5) is 0. The average Bonchev–Trinajstić information content (AvgIpc) is 2.63. The van der Waals surface area contributed by atoms with Crippen LogP contribution in [0.2, 0.25) is 0 Å². The molecule has 3 nitrogen and oxygen atoms in total. The van der Waals surface area contributed by atoms with E-state index in [2.05, 4.69) is 47.8 Å². The first-order valence-corrected chi connectivity index (χ1v) is 8.48. The monoisotopic (exact) mass is 311 g/mol. The van der Waals surface area contributed by atoms with Gasteiger partial charge in [0, 0.05) is 12.1 Å². The molecule has 1 aliphatic heterocycles. The lowest BCUT2D eigenvalue weighted by molar-refractivity contribution is -0.218. The minimum absolute atomic E-state index is 0.202. The van der Waals surface area contributed by atoms with Crippen LogP contribution < -0.4 is 5.32 Å². The van der Waals surface area contributed by atoms with Gasteiger partial charge in [-0.25, -0.2) is 0 Å². The van der Waals surface area contributed by atoms with Crippen LogP contribution in [0.5, 0.6) is 0 Å². The summed E-state index contributed by atoms with van der Waals surface area (Å²) in [6.45, 7) is 2.73. The molecule has 3 rings (SSSR count). The molecular weight excluding hydrogens is 286 g/mol. The van der Waals surface area contributed by atoms with Crippen molar-refractivity contribution in [3.8, 4) is 0 Å². The Labute approximate surface area is 138 Å². The molecule has 0 aliphatic carbocycles. The van der Waals surface area contributed by atoms with Gasteiger partial charge in [0.1, 0.15) is 0 Å². The molecule has 1 heterocycles. The van der Waals surface area contributed by atoms with Crippen LogP contribution in [0.4, 0.5) is 0 Å². The van der Waals surface area contributed by atoms with Gasteiger partial charge in [0.05, 0.1) is 12.7 Å². The Kier molecular flexibility index (Phi) is 6.21. The topological polar surface area (TPSA) is 30.5 Å². The molecule has 1 N–H and O–H groups in total. The zero-order valence-electron chi connectivity index (χ0n) is 13.5. The maximum absolute atomic E-state index is 6.09. The Morgan fingerprint density at radius 3 is 2.48 bits per heavy atom. The molecule has 2 atom stereocenters. The van der Waals surface area contributed by atoms with Crippen molar-refractivity contribution in [2.24, 2.45) is 0 Å². The van der Waals surface area contributed by atoms with Crippen LogP contribution in [0.15, 0.2) is 60.7 Å². The predicted octanol–water partition coefficient (Wildman–Crippen LogP) is 4.06. The van der Waals surface area contributed by atoms with Crippen molar-refractivity contribution in [3.63, 3.8) is 0 Å². The third kappa shape index (κ3) is 5.17. The van der Waals surface area contributed by atoms with E-state index < -0.39 is 0 Å². The summed E-state index contributed by atoms with van der Waals surface area (Å²) < 4.78 is 11.8. The third-order valence-electron chi connectivity index (χ3n) is 4.15. The van der Waals surface area contributed by atoms with Gasteiger partial charge in [0.2, 0.25) is 0 Å². The van der Waals surface area contributed by atoms with E-state index in [9.17, 15) is 0 Å². The zero-order valence-corrected chi connectivity index (χ0v) is 13.5. The Morgan fingerprint density at radius 1 is 0.957 bits per heavy atom. The largest absolute Gasteiger partial charge is 0.348 e. The van der Waals surface area contributed by atoms with Gasteiger partial charge in [-0.2, -0.15) is 0 Å². The van der Waals surface area contributed by atoms with E-state index in [1.807, 2.05) is 18.2 Å². The molecule has 0 saturated carbocycles. The number of ether oxygens (including phenoxy) is 2. The summed E-state index contributed by atoms with van der Waals surface area (Å²) in [5.74, 6) is 0. The molecule has 122 valence electrons. The number of benzene rings is 2. The Hall–Kier alpha value is -1.68. The summed E-state index contributed by atoms with van der Waals surface area (Å²) in [6, 6.07) is 20.7. The molecule has 3 heteroatoms. The Morgan fingerprint density at radius 2 is 1.70 bits per heavy atom. The second-order valence-corrected chi connectivity index (χ2v) is 5.96. The lowest BCUT2D eigenvalue weighted by atomic mass is 10.1. The quantitative estimate of drug-likeness (QED) is 0.782. The summed E-state index contributed by atoms with van der Waals surface area (Å²) in [5, 5.41) is 3.50. The lowest BCUT2D eigenvalue weighted by Gasteiger charge is -2.30. The molecule has 0 bridgehead atoms. The number of hydrogen-bond donors (Lipinski definition) is 1. The van der Waals surface area contributed by atoms with Gasteiger partial charge in [-0.05, 0) is 31.4 Å². The third-order valence-corrected chi connectivity index (χ3v) is 4.15. The second kappa shape index (κ2) is 8.82. The fourth-order valence-corrected chi connectivity index (χ4v) is 2.87. The van der Waals surface area contributed by atoms with E-state index in [0.717, 1.165) is 44.5 Å². The van der Waals surface area contributed by atoms with Gasteiger partial charge in [-0.15, -0.1) is 0 Å². The van der Waals surface area contributed by atoms with Crippen LogP contribution in [0.25, 0.3) is 0 Å². The summed E-state index contributed by atoms with van der Waals surface area (Å²) in [7, 11) is 0.